The van der Waals surface area contributed by atoms with Crippen LogP contribution in [0, 0.1) is 4.91 Å². The molecule has 1 aliphatic rings. The van der Waals surface area contributed by atoms with Gasteiger partial charge in [-0.3, -0.25) is 0 Å². The van der Waals surface area contributed by atoms with Crippen LogP contribution in [-0.2, 0) is 6.42 Å². The van der Waals surface area contributed by atoms with Crippen LogP contribution in [0.3, 0.4) is 0 Å². The predicted molar refractivity (Wildman–Crippen MR) is 54.5 cm³/mol. The van der Waals surface area contributed by atoms with Crippen molar-refractivity contribution in [3.8, 4) is 5.75 Å². The number of fused-ring (bicyclic) bond motifs is 1. The lowest BCUT2D eigenvalue weighted by Crippen LogP contribution is -2.23. The Balaban J connectivity index is 2.51. The van der Waals surface area contributed by atoms with Gasteiger partial charge in [-0.05, 0) is 24.5 Å². The van der Waals surface area contributed by atoms with E-state index in [0.29, 0.717) is 6.54 Å². The van der Waals surface area contributed by atoms with Crippen molar-refractivity contribution in [3.05, 3.63) is 28.7 Å². The van der Waals surface area contributed by atoms with Gasteiger partial charge < -0.3 is 4.74 Å². The Labute approximate surface area is 82.4 Å². The van der Waals surface area contributed by atoms with Gasteiger partial charge in [0.25, 0.3) is 0 Å². The third-order valence-corrected chi connectivity index (χ3v) is 2.48. The zero-order chi connectivity index (χ0) is 9.97. The Kier molecular flexibility index (Phi) is 2.35. The summed E-state index contributed by atoms with van der Waals surface area (Å²) in [5.41, 5.74) is 1.96. The van der Waals surface area contributed by atoms with Crippen LogP contribution in [-0.4, -0.2) is 13.7 Å². The molecule has 0 saturated heterocycles. The van der Waals surface area contributed by atoms with Gasteiger partial charge in [0.05, 0.1) is 12.4 Å². The molecule has 1 heterocycles. The maximum absolute atomic E-state index is 10.6. The van der Waals surface area contributed by atoms with E-state index in [1.807, 2.05) is 18.2 Å². The van der Waals surface area contributed by atoms with Gasteiger partial charge in [-0.1, -0.05) is 12.1 Å². The maximum Gasteiger partial charge on any atom is 0.144 e. The maximum atomic E-state index is 10.6. The molecule has 14 heavy (non-hydrogen) atoms. The Hall–Kier alpha value is -1.58. The SMILES string of the molecule is COc1cccc2c1N(N=O)CCC2. The third-order valence-electron chi connectivity index (χ3n) is 2.48. The second-order valence-corrected chi connectivity index (χ2v) is 3.28. The van der Waals surface area contributed by atoms with Gasteiger partial charge in [0.1, 0.15) is 11.4 Å². The van der Waals surface area contributed by atoms with E-state index in [4.69, 9.17) is 4.74 Å². The molecule has 0 N–H and O–H groups in total. The number of para-hydroxylation sites is 1. The molecule has 0 saturated carbocycles. The van der Waals surface area contributed by atoms with Gasteiger partial charge in [0.2, 0.25) is 0 Å². The molecule has 1 aromatic carbocycles. The largest absolute Gasteiger partial charge is 0.494 e. The van der Waals surface area contributed by atoms with Crippen LogP contribution in [0.4, 0.5) is 5.69 Å². The van der Waals surface area contributed by atoms with Crippen molar-refractivity contribution in [2.24, 2.45) is 5.29 Å². The molecule has 0 aliphatic carbocycles. The first-order valence-corrected chi connectivity index (χ1v) is 4.63. The molecule has 74 valence electrons. The fourth-order valence-corrected chi connectivity index (χ4v) is 1.84. The number of benzene rings is 1. The highest BCUT2D eigenvalue weighted by Crippen LogP contribution is 2.35. The van der Waals surface area contributed by atoms with Gasteiger partial charge >= 0.3 is 0 Å². The zero-order valence-corrected chi connectivity index (χ0v) is 8.06. The van der Waals surface area contributed by atoms with Crippen LogP contribution in [0.25, 0.3) is 0 Å². The molecule has 0 radical (unpaired) electrons. The summed E-state index contributed by atoms with van der Waals surface area (Å²) in [6.07, 6.45) is 1.95. The Bertz CT molecular complexity index is 338. The summed E-state index contributed by atoms with van der Waals surface area (Å²) in [5, 5.41) is 4.47. The summed E-state index contributed by atoms with van der Waals surface area (Å²) in [4.78, 5) is 10.6. The average Bonchev–Trinajstić information content (AvgIpc) is 2.27. The van der Waals surface area contributed by atoms with E-state index in [2.05, 4.69) is 5.29 Å². The smallest absolute Gasteiger partial charge is 0.144 e. The molecule has 2 rings (SSSR count). The van der Waals surface area contributed by atoms with E-state index in [9.17, 15) is 4.91 Å². The summed E-state index contributed by atoms with van der Waals surface area (Å²) in [7, 11) is 1.60. The van der Waals surface area contributed by atoms with Crippen LogP contribution in [0.5, 0.6) is 5.75 Å². The molecule has 0 spiro atoms. The lowest BCUT2D eigenvalue weighted by molar-refractivity contribution is 0.412. The van der Waals surface area contributed by atoms with E-state index < -0.39 is 0 Å². The minimum absolute atomic E-state index is 0.677. The summed E-state index contributed by atoms with van der Waals surface area (Å²) in [5.74, 6) is 0.724. The number of hydrogen-bond acceptors (Lipinski definition) is 3. The van der Waals surface area contributed by atoms with E-state index in [1.165, 1.54) is 5.01 Å². The van der Waals surface area contributed by atoms with E-state index in [0.717, 1.165) is 29.8 Å². The summed E-state index contributed by atoms with van der Waals surface area (Å²) < 4.78 is 5.20. The van der Waals surface area contributed by atoms with Crippen molar-refractivity contribution in [2.75, 3.05) is 18.7 Å². The molecule has 4 nitrogen and oxygen atoms in total. The van der Waals surface area contributed by atoms with Gasteiger partial charge in [-0.2, -0.15) is 0 Å². The highest BCUT2D eigenvalue weighted by atomic mass is 16.5. The third kappa shape index (κ3) is 1.32. The molecule has 1 aromatic rings. The quantitative estimate of drug-likeness (QED) is 0.674. The number of nitrogens with zero attached hydrogens (tertiary/aromatic N) is 2. The summed E-state index contributed by atoms with van der Waals surface area (Å²) in [6, 6.07) is 5.80. The highest BCUT2D eigenvalue weighted by molar-refractivity contribution is 5.64. The van der Waals surface area contributed by atoms with Crippen molar-refractivity contribution in [3.63, 3.8) is 0 Å². The molecule has 1 aliphatic heterocycles. The van der Waals surface area contributed by atoms with Crippen LogP contribution in [0.15, 0.2) is 23.5 Å². The number of aryl methyl sites for hydroxylation is 1. The van der Waals surface area contributed by atoms with Crippen LogP contribution in [0.2, 0.25) is 0 Å². The van der Waals surface area contributed by atoms with E-state index in [1.54, 1.807) is 7.11 Å². The first-order valence-electron chi connectivity index (χ1n) is 4.63. The minimum atomic E-state index is 0.677. The number of rotatable bonds is 2. The number of nitroso groups, excluding NO2 is 1. The Morgan fingerprint density at radius 3 is 3.07 bits per heavy atom. The zero-order valence-electron chi connectivity index (χ0n) is 8.06. The molecule has 0 aromatic heterocycles. The molecular weight excluding hydrogens is 180 g/mol. The van der Waals surface area contributed by atoms with Gasteiger partial charge in [-0.15, -0.1) is 4.91 Å². The molecule has 0 bridgehead atoms. The van der Waals surface area contributed by atoms with Crippen molar-refractivity contribution >= 4 is 5.69 Å². The van der Waals surface area contributed by atoms with Gasteiger partial charge in [0.15, 0.2) is 0 Å². The minimum Gasteiger partial charge on any atom is -0.494 e. The Morgan fingerprint density at radius 1 is 1.50 bits per heavy atom. The second-order valence-electron chi connectivity index (χ2n) is 3.28. The molecular formula is C10H12N2O2. The Morgan fingerprint density at radius 2 is 2.36 bits per heavy atom. The average molecular weight is 192 g/mol. The van der Waals surface area contributed by atoms with Crippen molar-refractivity contribution < 1.29 is 4.74 Å². The number of hydrogen-bond donors (Lipinski definition) is 0. The number of ether oxygens (including phenoxy) is 1. The topological polar surface area (TPSA) is 41.9 Å². The predicted octanol–water partition coefficient (Wildman–Crippen LogP) is 2.13. The molecule has 0 atom stereocenters. The van der Waals surface area contributed by atoms with Gasteiger partial charge in [-0.25, -0.2) is 5.01 Å². The molecule has 0 amide bonds. The van der Waals surface area contributed by atoms with Crippen molar-refractivity contribution in [1.29, 1.82) is 0 Å². The van der Waals surface area contributed by atoms with E-state index >= 15 is 0 Å². The molecule has 4 heteroatoms. The second kappa shape index (κ2) is 3.65. The van der Waals surface area contributed by atoms with Crippen LogP contribution in [0.1, 0.15) is 12.0 Å². The molecule has 0 fully saturated rings. The van der Waals surface area contributed by atoms with Crippen molar-refractivity contribution in [2.45, 2.75) is 12.8 Å². The first kappa shape index (κ1) is 8.99. The molecule has 0 unspecified atom stereocenters. The fourth-order valence-electron chi connectivity index (χ4n) is 1.84. The summed E-state index contributed by atoms with van der Waals surface area (Å²) in [6.45, 7) is 0.677. The van der Waals surface area contributed by atoms with Crippen molar-refractivity contribution in [1.82, 2.24) is 0 Å². The van der Waals surface area contributed by atoms with Crippen LogP contribution < -0.4 is 9.75 Å². The lowest BCUT2D eigenvalue weighted by atomic mass is 10.0. The van der Waals surface area contributed by atoms with Gasteiger partial charge in [0, 0.05) is 6.54 Å². The first-order chi connectivity index (χ1) is 6.86. The summed E-state index contributed by atoms with van der Waals surface area (Å²) >= 11 is 0. The lowest BCUT2D eigenvalue weighted by Gasteiger charge is -2.25. The number of anilines is 1. The monoisotopic (exact) mass is 192 g/mol. The van der Waals surface area contributed by atoms with E-state index in [-0.39, 0.29) is 0 Å². The fraction of sp³-hybridized carbons (Fsp3) is 0.400. The number of methoxy groups -OCH3 is 1. The normalized spacial score (nSPS) is 14.8. The van der Waals surface area contributed by atoms with Crippen LogP contribution >= 0.6 is 0 Å². The standard InChI is InChI=1S/C10H12N2O2/c1-14-9-6-2-4-8-5-3-7-12(11-13)10(8)9/h2,4,6H,3,5,7H2,1H3. The highest BCUT2D eigenvalue weighted by Gasteiger charge is 2.21.